The first kappa shape index (κ1) is 15.5. The van der Waals surface area contributed by atoms with Crippen molar-refractivity contribution in [2.24, 2.45) is 7.05 Å². The van der Waals surface area contributed by atoms with Crippen molar-refractivity contribution in [2.45, 2.75) is 26.3 Å². The summed E-state index contributed by atoms with van der Waals surface area (Å²) in [7, 11) is 1.68. The zero-order valence-electron chi connectivity index (χ0n) is 13.7. The molecule has 3 aromatic rings. The summed E-state index contributed by atoms with van der Waals surface area (Å²) in [6.07, 6.45) is 2.41. The molecule has 0 aromatic carbocycles. The maximum absolute atomic E-state index is 13.1. The predicted molar refractivity (Wildman–Crippen MR) is 97.1 cm³/mol. The Hall–Kier alpha value is -1.99. The molecule has 1 aliphatic rings. The summed E-state index contributed by atoms with van der Waals surface area (Å²) >= 11 is 3.08. The Balaban J connectivity index is 1.78. The molecule has 3 aromatic heterocycles. The highest BCUT2D eigenvalue weighted by molar-refractivity contribution is 7.20. The van der Waals surface area contributed by atoms with Gasteiger partial charge in [0.2, 0.25) is 0 Å². The molecule has 1 unspecified atom stereocenters. The van der Waals surface area contributed by atoms with Crippen molar-refractivity contribution in [3.8, 4) is 0 Å². The number of fused-ring (bicyclic) bond motifs is 2. The molecule has 24 heavy (non-hydrogen) atoms. The van der Waals surface area contributed by atoms with E-state index in [1.807, 2.05) is 11.8 Å². The molecular weight excluding hydrogens is 342 g/mol. The van der Waals surface area contributed by atoms with Gasteiger partial charge in [0.1, 0.15) is 4.83 Å². The molecule has 1 aliphatic heterocycles. The number of thiophene rings is 2. The molecule has 7 heteroatoms. The Morgan fingerprint density at radius 3 is 3.00 bits per heavy atom. The van der Waals surface area contributed by atoms with Crippen molar-refractivity contribution >= 4 is 38.8 Å². The predicted octanol–water partition coefficient (Wildman–Crippen LogP) is 3.12. The molecule has 0 bridgehead atoms. The second-order valence-electron chi connectivity index (χ2n) is 6.12. The van der Waals surface area contributed by atoms with Crippen LogP contribution in [0.3, 0.4) is 0 Å². The topological polar surface area (TPSA) is 55.2 Å². The van der Waals surface area contributed by atoms with E-state index in [0.717, 1.165) is 12.0 Å². The van der Waals surface area contributed by atoms with E-state index in [4.69, 9.17) is 0 Å². The fraction of sp³-hybridized carbons (Fsp3) is 0.353. The van der Waals surface area contributed by atoms with Gasteiger partial charge in [-0.15, -0.1) is 22.7 Å². The van der Waals surface area contributed by atoms with Gasteiger partial charge in [-0.3, -0.25) is 9.59 Å². The van der Waals surface area contributed by atoms with E-state index in [1.54, 1.807) is 18.4 Å². The molecule has 5 nitrogen and oxygen atoms in total. The quantitative estimate of drug-likeness (QED) is 0.671. The van der Waals surface area contributed by atoms with Gasteiger partial charge in [0.25, 0.3) is 11.5 Å². The Bertz CT molecular complexity index is 1010. The molecule has 0 spiro atoms. The van der Waals surface area contributed by atoms with Gasteiger partial charge in [-0.25, -0.2) is 4.98 Å². The lowest BCUT2D eigenvalue weighted by Gasteiger charge is -2.33. The monoisotopic (exact) mass is 359 g/mol. The van der Waals surface area contributed by atoms with Crippen LogP contribution in [0.5, 0.6) is 0 Å². The minimum Gasteiger partial charge on any atom is -0.331 e. The Morgan fingerprint density at radius 2 is 2.21 bits per heavy atom. The molecule has 4 heterocycles. The molecule has 0 fully saturated rings. The fourth-order valence-electron chi connectivity index (χ4n) is 3.33. The first-order valence-corrected chi connectivity index (χ1v) is 9.50. The number of aryl methyl sites for hydroxylation is 2. The summed E-state index contributed by atoms with van der Waals surface area (Å²) in [6, 6.07) is 2.17. The van der Waals surface area contributed by atoms with E-state index in [0.29, 0.717) is 21.6 Å². The molecule has 4 rings (SSSR count). The first-order chi connectivity index (χ1) is 11.5. The fourth-order valence-corrected chi connectivity index (χ4v) is 5.39. The molecular formula is C17H17N3O2S2. The van der Waals surface area contributed by atoms with Crippen LogP contribution >= 0.6 is 22.7 Å². The zero-order chi connectivity index (χ0) is 17.0. The highest BCUT2D eigenvalue weighted by Crippen LogP contribution is 2.36. The second-order valence-corrected chi connectivity index (χ2v) is 8.12. The lowest BCUT2D eigenvalue weighted by Crippen LogP contribution is -2.38. The minimum absolute atomic E-state index is 0.00176. The SMILES string of the molecule is Cc1c(C(=O)N2CCc3sccc3C2C)sc2ncn(C)c(=O)c12. The Labute approximate surface area is 147 Å². The highest BCUT2D eigenvalue weighted by Gasteiger charge is 2.31. The van der Waals surface area contributed by atoms with Crippen LogP contribution in [-0.4, -0.2) is 26.9 Å². The summed E-state index contributed by atoms with van der Waals surface area (Å²) in [5, 5.41) is 2.65. The van der Waals surface area contributed by atoms with Gasteiger partial charge in [-0.1, -0.05) is 0 Å². The molecule has 0 saturated heterocycles. The number of rotatable bonds is 1. The van der Waals surface area contributed by atoms with E-state index in [9.17, 15) is 9.59 Å². The van der Waals surface area contributed by atoms with Gasteiger partial charge in [0.15, 0.2) is 0 Å². The number of nitrogens with zero attached hydrogens (tertiary/aromatic N) is 3. The number of amides is 1. The second kappa shape index (κ2) is 5.53. The van der Waals surface area contributed by atoms with E-state index >= 15 is 0 Å². The normalized spacial score (nSPS) is 17.3. The number of aromatic nitrogens is 2. The van der Waals surface area contributed by atoms with Crippen molar-refractivity contribution in [3.05, 3.63) is 49.0 Å². The lowest BCUT2D eigenvalue weighted by atomic mass is 10.0. The van der Waals surface area contributed by atoms with Gasteiger partial charge >= 0.3 is 0 Å². The van der Waals surface area contributed by atoms with Crippen LogP contribution in [0.2, 0.25) is 0 Å². The van der Waals surface area contributed by atoms with E-state index in [2.05, 4.69) is 23.4 Å². The van der Waals surface area contributed by atoms with Gasteiger partial charge in [0.05, 0.1) is 22.6 Å². The Morgan fingerprint density at radius 1 is 1.42 bits per heavy atom. The molecule has 0 saturated carbocycles. The maximum Gasteiger partial charge on any atom is 0.264 e. The number of carbonyl (C=O) groups is 1. The highest BCUT2D eigenvalue weighted by atomic mass is 32.1. The summed E-state index contributed by atoms with van der Waals surface area (Å²) in [4.78, 5) is 34.4. The summed E-state index contributed by atoms with van der Waals surface area (Å²) < 4.78 is 1.46. The van der Waals surface area contributed by atoms with Crippen LogP contribution in [-0.2, 0) is 13.5 Å². The van der Waals surface area contributed by atoms with Crippen molar-refractivity contribution < 1.29 is 4.79 Å². The zero-order valence-corrected chi connectivity index (χ0v) is 15.3. The van der Waals surface area contributed by atoms with Gasteiger partial charge in [-0.05, 0) is 42.8 Å². The standard InChI is InChI=1S/C17H17N3O2S2/c1-9-13-15(18-8-19(3)16(13)21)24-14(9)17(22)20-6-4-12-11(10(20)2)5-7-23-12/h5,7-8,10H,4,6H2,1-3H3. The van der Waals surface area contributed by atoms with Crippen LogP contribution in [0, 0.1) is 6.92 Å². The van der Waals surface area contributed by atoms with Crippen molar-refractivity contribution in [2.75, 3.05) is 6.54 Å². The molecule has 1 atom stereocenters. The number of hydrogen-bond donors (Lipinski definition) is 0. The van der Waals surface area contributed by atoms with E-state index in [1.165, 1.54) is 32.7 Å². The molecule has 0 aliphatic carbocycles. The van der Waals surface area contributed by atoms with Crippen molar-refractivity contribution in [3.63, 3.8) is 0 Å². The molecule has 0 radical (unpaired) electrons. The van der Waals surface area contributed by atoms with Crippen LogP contribution in [0.15, 0.2) is 22.6 Å². The van der Waals surface area contributed by atoms with E-state index < -0.39 is 0 Å². The maximum atomic E-state index is 13.1. The third kappa shape index (κ3) is 2.15. The largest absolute Gasteiger partial charge is 0.331 e. The van der Waals surface area contributed by atoms with E-state index in [-0.39, 0.29) is 17.5 Å². The molecule has 124 valence electrons. The molecule has 1 amide bonds. The number of carbonyl (C=O) groups excluding carboxylic acids is 1. The van der Waals surface area contributed by atoms with Crippen molar-refractivity contribution in [1.29, 1.82) is 0 Å². The Kier molecular flexibility index (Phi) is 3.58. The van der Waals surface area contributed by atoms with Gasteiger partial charge in [0, 0.05) is 18.5 Å². The van der Waals surface area contributed by atoms with Crippen LogP contribution in [0.4, 0.5) is 0 Å². The minimum atomic E-state index is -0.0976. The van der Waals surface area contributed by atoms with Crippen molar-refractivity contribution in [1.82, 2.24) is 14.5 Å². The van der Waals surface area contributed by atoms with Gasteiger partial charge < -0.3 is 9.47 Å². The summed E-state index contributed by atoms with van der Waals surface area (Å²) in [5.74, 6) is 0.00176. The van der Waals surface area contributed by atoms with Gasteiger partial charge in [-0.2, -0.15) is 0 Å². The smallest absolute Gasteiger partial charge is 0.264 e. The third-order valence-electron chi connectivity index (χ3n) is 4.74. The third-order valence-corrected chi connectivity index (χ3v) is 6.93. The summed E-state index contributed by atoms with van der Waals surface area (Å²) in [5.41, 5.74) is 1.89. The average Bonchev–Trinajstić information content (AvgIpc) is 3.16. The first-order valence-electron chi connectivity index (χ1n) is 7.81. The van der Waals surface area contributed by atoms with Crippen LogP contribution < -0.4 is 5.56 Å². The summed E-state index contributed by atoms with van der Waals surface area (Å²) in [6.45, 7) is 4.63. The lowest BCUT2D eigenvalue weighted by molar-refractivity contribution is 0.0684. The average molecular weight is 359 g/mol. The molecule has 0 N–H and O–H groups in total. The van der Waals surface area contributed by atoms with Crippen LogP contribution in [0.1, 0.15) is 38.6 Å². The number of hydrogen-bond acceptors (Lipinski definition) is 5. The van der Waals surface area contributed by atoms with Crippen LogP contribution in [0.25, 0.3) is 10.2 Å².